The fraction of sp³-hybridized carbons (Fsp3) is 0.385. The second-order valence-corrected chi connectivity index (χ2v) is 4.55. The number of nitrogens with one attached hydrogen (secondary N) is 2. The van der Waals surface area contributed by atoms with Crippen molar-refractivity contribution in [1.82, 2.24) is 10.3 Å². The van der Waals surface area contributed by atoms with Crippen molar-refractivity contribution in [2.24, 2.45) is 0 Å². The predicted molar refractivity (Wildman–Crippen MR) is 69.4 cm³/mol. The van der Waals surface area contributed by atoms with Crippen LogP contribution < -0.4 is 15.8 Å². The van der Waals surface area contributed by atoms with E-state index in [-0.39, 0.29) is 0 Å². The van der Waals surface area contributed by atoms with E-state index in [1.54, 1.807) is 7.11 Å². The van der Waals surface area contributed by atoms with Crippen LogP contribution in [-0.4, -0.2) is 18.6 Å². The van der Waals surface area contributed by atoms with Crippen LogP contribution in [0.1, 0.15) is 24.2 Å². The highest BCUT2D eigenvalue weighted by atomic mass is 16.5. The number of ether oxygens (including phenoxy) is 1. The summed E-state index contributed by atoms with van der Waals surface area (Å²) in [7, 11) is 1.64. The minimum Gasteiger partial charge on any atom is -0.495 e. The molecule has 0 bridgehead atoms. The summed E-state index contributed by atoms with van der Waals surface area (Å²) in [5.74, 6) is 0.733. The molecule has 0 unspecified atom stereocenters. The van der Waals surface area contributed by atoms with Crippen LogP contribution in [0.5, 0.6) is 5.75 Å². The lowest BCUT2D eigenvalue weighted by Gasteiger charge is -2.20. The second kappa shape index (κ2) is 3.67. The normalized spacial score (nSPS) is 19.3. The van der Waals surface area contributed by atoms with Crippen LogP contribution in [0.4, 0.5) is 5.69 Å². The number of methoxy groups -OCH3 is 1. The van der Waals surface area contributed by atoms with Gasteiger partial charge in [-0.1, -0.05) is 0 Å². The maximum atomic E-state index is 6.11. The first kappa shape index (κ1) is 10.5. The van der Waals surface area contributed by atoms with Crippen LogP contribution in [0.25, 0.3) is 10.9 Å². The number of benzene rings is 1. The van der Waals surface area contributed by atoms with E-state index in [2.05, 4.69) is 23.3 Å². The van der Waals surface area contributed by atoms with Gasteiger partial charge in [0.1, 0.15) is 5.75 Å². The number of hydrogen-bond acceptors (Lipinski definition) is 3. The zero-order chi connectivity index (χ0) is 12.0. The van der Waals surface area contributed by atoms with Crippen molar-refractivity contribution in [2.75, 3.05) is 19.4 Å². The minimum absolute atomic E-state index is 0.358. The number of H-pyrrole nitrogens is 1. The van der Waals surface area contributed by atoms with Gasteiger partial charge in [0.15, 0.2) is 0 Å². The molecule has 4 heteroatoms. The fourth-order valence-electron chi connectivity index (χ4n) is 2.67. The van der Waals surface area contributed by atoms with Crippen molar-refractivity contribution >= 4 is 16.6 Å². The molecular formula is C13H17N3O. The van der Waals surface area contributed by atoms with Crippen LogP contribution in [-0.2, 0) is 6.42 Å². The molecule has 17 heavy (non-hydrogen) atoms. The summed E-state index contributed by atoms with van der Waals surface area (Å²) in [6.45, 7) is 3.19. The Hall–Kier alpha value is -1.68. The maximum absolute atomic E-state index is 6.11. The molecule has 0 saturated carbocycles. The Morgan fingerprint density at radius 2 is 2.24 bits per heavy atom. The van der Waals surface area contributed by atoms with Gasteiger partial charge in [-0.2, -0.15) is 0 Å². The Balaban J connectivity index is 2.30. The number of nitrogen functional groups attached to an aromatic ring is 1. The summed E-state index contributed by atoms with van der Waals surface area (Å²) >= 11 is 0. The van der Waals surface area contributed by atoms with Gasteiger partial charge in [-0.3, -0.25) is 0 Å². The largest absolute Gasteiger partial charge is 0.495 e. The Morgan fingerprint density at radius 1 is 1.41 bits per heavy atom. The van der Waals surface area contributed by atoms with Gasteiger partial charge in [-0.15, -0.1) is 0 Å². The van der Waals surface area contributed by atoms with Crippen LogP contribution in [0.2, 0.25) is 0 Å². The molecule has 1 atom stereocenters. The van der Waals surface area contributed by atoms with Gasteiger partial charge >= 0.3 is 0 Å². The molecule has 1 aliphatic rings. The molecule has 2 aromatic rings. The van der Waals surface area contributed by atoms with E-state index < -0.39 is 0 Å². The first-order chi connectivity index (χ1) is 8.22. The smallest absolute Gasteiger partial charge is 0.143 e. The lowest BCUT2D eigenvalue weighted by atomic mass is 10.00. The molecule has 3 rings (SSSR count). The quantitative estimate of drug-likeness (QED) is 0.657. The molecule has 0 fully saturated rings. The molecule has 90 valence electrons. The summed E-state index contributed by atoms with van der Waals surface area (Å²) < 4.78 is 5.25. The SMILES string of the molecule is COc1ccc2c3c([nH]c2c1N)[C@@H](C)NCC3. The van der Waals surface area contributed by atoms with Crippen LogP contribution >= 0.6 is 0 Å². The van der Waals surface area contributed by atoms with Crippen molar-refractivity contribution in [3.63, 3.8) is 0 Å². The van der Waals surface area contributed by atoms with Crippen molar-refractivity contribution in [3.8, 4) is 5.75 Å². The zero-order valence-corrected chi connectivity index (χ0v) is 10.1. The van der Waals surface area contributed by atoms with E-state index in [1.165, 1.54) is 16.6 Å². The van der Waals surface area contributed by atoms with Crippen LogP contribution in [0.3, 0.4) is 0 Å². The third-order valence-corrected chi connectivity index (χ3v) is 3.59. The molecule has 4 N–H and O–H groups in total. The third-order valence-electron chi connectivity index (χ3n) is 3.59. The minimum atomic E-state index is 0.358. The van der Waals surface area contributed by atoms with E-state index in [0.717, 1.165) is 24.2 Å². The topological polar surface area (TPSA) is 63.1 Å². The van der Waals surface area contributed by atoms with E-state index in [4.69, 9.17) is 10.5 Å². The number of fused-ring (bicyclic) bond motifs is 3. The predicted octanol–water partition coefficient (Wildman–Crippen LogP) is 1.97. The highest BCUT2D eigenvalue weighted by Gasteiger charge is 2.22. The summed E-state index contributed by atoms with van der Waals surface area (Å²) in [6.07, 6.45) is 1.05. The molecule has 0 spiro atoms. The number of rotatable bonds is 1. The average Bonchev–Trinajstić information content (AvgIpc) is 2.71. The van der Waals surface area contributed by atoms with Gasteiger partial charge in [-0.25, -0.2) is 0 Å². The first-order valence-electron chi connectivity index (χ1n) is 5.92. The Morgan fingerprint density at radius 3 is 3.00 bits per heavy atom. The molecule has 0 radical (unpaired) electrons. The number of hydrogen-bond donors (Lipinski definition) is 3. The third kappa shape index (κ3) is 1.41. The molecular weight excluding hydrogens is 214 g/mol. The van der Waals surface area contributed by atoms with Gasteiger partial charge in [0.25, 0.3) is 0 Å². The number of anilines is 1. The van der Waals surface area contributed by atoms with Gasteiger partial charge in [0, 0.05) is 17.1 Å². The lowest BCUT2D eigenvalue weighted by Crippen LogP contribution is -2.27. The van der Waals surface area contributed by atoms with Crippen molar-refractivity contribution in [1.29, 1.82) is 0 Å². The van der Waals surface area contributed by atoms with Crippen LogP contribution in [0.15, 0.2) is 12.1 Å². The summed E-state index contributed by atoms with van der Waals surface area (Å²) in [4.78, 5) is 3.44. The molecule has 1 aromatic carbocycles. The highest BCUT2D eigenvalue weighted by Crippen LogP contribution is 2.36. The summed E-state index contributed by atoms with van der Waals surface area (Å²) in [5.41, 5.74) is 10.5. The Kier molecular flexibility index (Phi) is 2.26. The molecule has 1 aromatic heterocycles. The van der Waals surface area contributed by atoms with E-state index in [0.29, 0.717) is 11.7 Å². The highest BCUT2D eigenvalue weighted by molar-refractivity contribution is 5.96. The number of nitrogens with two attached hydrogens (primary N) is 1. The van der Waals surface area contributed by atoms with E-state index >= 15 is 0 Å². The lowest BCUT2D eigenvalue weighted by molar-refractivity contribution is 0.417. The van der Waals surface area contributed by atoms with Crippen molar-refractivity contribution < 1.29 is 4.74 Å². The second-order valence-electron chi connectivity index (χ2n) is 4.55. The van der Waals surface area contributed by atoms with Gasteiger partial charge < -0.3 is 20.8 Å². The zero-order valence-electron chi connectivity index (χ0n) is 10.1. The molecule has 0 amide bonds. The van der Waals surface area contributed by atoms with E-state index in [9.17, 15) is 0 Å². The van der Waals surface area contributed by atoms with E-state index in [1.807, 2.05) is 6.07 Å². The number of aromatic amines is 1. The molecule has 4 nitrogen and oxygen atoms in total. The number of aromatic nitrogens is 1. The van der Waals surface area contributed by atoms with Gasteiger partial charge in [-0.05, 0) is 37.6 Å². The Labute approximate surface area is 100 Å². The molecule has 2 heterocycles. The average molecular weight is 231 g/mol. The maximum Gasteiger partial charge on any atom is 0.143 e. The van der Waals surface area contributed by atoms with Crippen LogP contribution in [0, 0.1) is 0 Å². The monoisotopic (exact) mass is 231 g/mol. The van der Waals surface area contributed by atoms with Gasteiger partial charge in [0.05, 0.1) is 18.3 Å². The van der Waals surface area contributed by atoms with Crippen molar-refractivity contribution in [2.45, 2.75) is 19.4 Å². The summed E-state index contributed by atoms with van der Waals surface area (Å²) in [5, 5.41) is 4.67. The first-order valence-corrected chi connectivity index (χ1v) is 5.92. The standard InChI is InChI=1S/C13H17N3O/c1-7-12-9(5-6-15-7)8-3-4-10(17-2)11(14)13(8)16-12/h3-4,7,15-16H,5-6,14H2,1-2H3/t7-/m1/s1. The fourth-order valence-corrected chi connectivity index (χ4v) is 2.67. The van der Waals surface area contributed by atoms with Crippen molar-refractivity contribution in [3.05, 3.63) is 23.4 Å². The molecule has 0 saturated heterocycles. The summed E-state index contributed by atoms with van der Waals surface area (Å²) in [6, 6.07) is 4.40. The molecule has 1 aliphatic heterocycles. The van der Waals surface area contributed by atoms with Gasteiger partial charge in [0.2, 0.25) is 0 Å². The molecule has 0 aliphatic carbocycles. The Bertz CT molecular complexity index is 574.